The Morgan fingerprint density at radius 1 is 0.889 bits per heavy atom. The zero-order chi connectivity index (χ0) is 13.2. The standard InChI is InChI=1S/C14H26N2O2/c15-9-7-5-3-1-2-4-6-8-10-16-12-13(17)11-14(16)18/h1-12,15H2. The zero-order valence-electron chi connectivity index (χ0n) is 11.3. The normalized spacial score (nSPS) is 15.7. The number of nitrogens with zero attached hydrogens (tertiary/aromatic N) is 1. The first-order valence-electron chi connectivity index (χ1n) is 7.23. The van der Waals surface area contributed by atoms with Gasteiger partial charge >= 0.3 is 0 Å². The molecule has 1 rings (SSSR count). The summed E-state index contributed by atoms with van der Waals surface area (Å²) in [6.07, 6.45) is 9.80. The van der Waals surface area contributed by atoms with Crippen LogP contribution in [0.4, 0.5) is 0 Å². The third-order valence-corrected chi connectivity index (χ3v) is 3.45. The van der Waals surface area contributed by atoms with Crippen LogP contribution < -0.4 is 5.73 Å². The van der Waals surface area contributed by atoms with E-state index in [1.54, 1.807) is 4.90 Å². The summed E-state index contributed by atoms with van der Waals surface area (Å²) < 4.78 is 0. The number of Topliss-reactive ketones (excluding diaryl/α,β-unsaturated/α-hetero) is 1. The summed E-state index contributed by atoms with van der Waals surface area (Å²) in [5.41, 5.74) is 5.43. The van der Waals surface area contributed by atoms with Crippen molar-refractivity contribution in [2.75, 3.05) is 19.6 Å². The fourth-order valence-electron chi connectivity index (χ4n) is 2.35. The van der Waals surface area contributed by atoms with Crippen LogP contribution in [-0.4, -0.2) is 36.2 Å². The van der Waals surface area contributed by atoms with Crippen molar-refractivity contribution in [2.45, 2.75) is 57.8 Å². The van der Waals surface area contributed by atoms with Gasteiger partial charge in [0.15, 0.2) is 5.78 Å². The van der Waals surface area contributed by atoms with Gasteiger partial charge < -0.3 is 10.6 Å². The van der Waals surface area contributed by atoms with Crippen LogP contribution >= 0.6 is 0 Å². The molecule has 2 N–H and O–H groups in total. The van der Waals surface area contributed by atoms with Gasteiger partial charge in [-0.1, -0.05) is 38.5 Å². The van der Waals surface area contributed by atoms with Crippen molar-refractivity contribution in [3.63, 3.8) is 0 Å². The first-order valence-corrected chi connectivity index (χ1v) is 7.23. The number of ketones is 1. The van der Waals surface area contributed by atoms with Crippen molar-refractivity contribution in [3.8, 4) is 0 Å². The molecule has 4 heteroatoms. The molecule has 1 aliphatic heterocycles. The van der Waals surface area contributed by atoms with E-state index in [-0.39, 0.29) is 18.1 Å². The Balaban J connectivity index is 1.87. The lowest BCUT2D eigenvalue weighted by Crippen LogP contribution is -2.26. The molecule has 1 aliphatic rings. The highest BCUT2D eigenvalue weighted by Crippen LogP contribution is 2.11. The summed E-state index contributed by atoms with van der Waals surface area (Å²) in [5.74, 6) is 0.0849. The largest absolute Gasteiger partial charge is 0.335 e. The Morgan fingerprint density at radius 3 is 1.94 bits per heavy atom. The quantitative estimate of drug-likeness (QED) is 0.478. The summed E-state index contributed by atoms with van der Waals surface area (Å²) in [4.78, 5) is 24.1. The maximum absolute atomic E-state index is 11.3. The smallest absolute Gasteiger partial charge is 0.230 e. The molecule has 0 aromatic carbocycles. The molecule has 0 spiro atoms. The van der Waals surface area contributed by atoms with Crippen molar-refractivity contribution >= 4 is 11.7 Å². The summed E-state index contributed by atoms with van der Waals surface area (Å²) in [6, 6.07) is 0. The first kappa shape index (κ1) is 15.2. The molecule has 104 valence electrons. The molecule has 0 aliphatic carbocycles. The number of unbranched alkanes of at least 4 members (excludes halogenated alkanes) is 7. The van der Waals surface area contributed by atoms with Gasteiger partial charge in [0, 0.05) is 6.54 Å². The van der Waals surface area contributed by atoms with Gasteiger partial charge in [-0.15, -0.1) is 0 Å². The van der Waals surface area contributed by atoms with E-state index >= 15 is 0 Å². The SMILES string of the molecule is NCCCCCCCCCCN1CC(=O)CC1=O. The van der Waals surface area contributed by atoms with Gasteiger partial charge in [0.05, 0.1) is 13.0 Å². The molecule has 0 unspecified atom stereocenters. The van der Waals surface area contributed by atoms with Crippen LogP contribution in [-0.2, 0) is 9.59 Å². The molecule has 4 nitrogen and oxygen atoms in total. The van der Waals surface area contributed by atoms with E-state index in [2.05, 4.69) is 0 Å². The number of hydrogen-bond donors (Lipinski definition) is 1. The van der Waals surface area contributed by atoms with Crippen LogP contribution in [0.5, 0.6) is 0 Å². The van der Waals surface area contributed by atoms with E-state index in [4.69, 9.17) is 5.73 Å². The Morgan fingerprint density at radius 2 is 1.44 bits per heavy atom. The van der Waals surface area contributed by atoms with E-state index in [9.17, 15) is 9.59 Å². The van der Waals surface area contributed by atoms with Crippen molar-refractivity contribution in [3.05, 3.63) is 0 Å². The molecule has 0 bridgehead atoms. The number of rotatable bonds is 10. The number of hydrogen-bond acceptors (Lipinski definition) is 3. The molecular formula is C14H26N2O2. The number of carbonyl (C=O) groups is 2. The van der Waals surface area contributed by atoms with Crippen LogP contribution in [0.1, 0.15) is 57.8 Å². The van der Waals surface area contributed by atoms with E-state index in [1.165, 1.54) is 32.1 Å². The second-order valence-electron chi connectivity index (χ2n) is 5.15. The third-order valence-electron chi connectivity index (χ3n) is 3.45. The van der Waals surface area contributed by atoms with Crippen LogP contribution in [0.15, 0.2) is 0 Å². The topological polar surface area (TPSA) is 63.4 Å². The molecule has 1 heterocycles. The second kappa shape index (κ2) is 9.09. The average molecular weight is 254 g/mol. The van der Waals surface area contributed by atoms with E-state index in [0.29, 0.717) is 6.54 Å². The molecule has 1 fully saturated rings. The van der Waals surface area contributed by atoms with Gasteiger partial charge in [0.1, 0.15) is 0 Å². The van der Waals surface area contributed by atoms with Crippen LogP contribution in [0.2, 0.25) is 0 Å². The lowest BCUT2D eigenvalue weighted by molar-refractivity contribution is -0.127. The van der Waals surface area contributed by atoms with Crippen LogP contribution in [0, 0.1) is 0 Å². The maximum Gasteiger partial charge on any atom is 0.230 e. The molecule has 1 amide bonds. The molecule has 0 atom stereocenters. The monoisotopic (exact) mass is 254 g/mol. The molecular weight excluding hydrogens is 228 g/mol. The summed E-state index contributed by atoms with van der Waals surface area (Å²) >= 11 is 0. The first-order chi connectivity index (χ1) is 8.74. The minimum Gasteiger partial charge on any atom is -0.335 e. The third kappa shape index (κ3) is 6.15. The Hall–Kier alpha value is -0.900. The highest BCUT2D eigenvalue weighted by Gasteiger charge is 2.26. The molecule has 0 saturated carbocycles. The Bertz CT molecular complexity index is 267. The lowest BCUT2D eigenvalue weighted by Gasteiger charge is -2.13. The van der Waals surface area contributed by atoms with E-state index in [0.717, 1.165) is 32.4 Å². The van der Waals surface area contributed by atoms with Crippen molar-refractivity contribution in [1.29, 1.82) is 0 Å². The molecule has 18 heavy (non-hydrogen) atoms. The molecule has 1 saturated heterocycles. The second-order valence-corrected chi connectivity index (χ2v) is 5.15. The summed E-state index contributed by atoms with van der Waals surface area (Å²) in [7, 11) is 0. The van der Waals surface area contributed by atoms with Crippen molar-refractivity contribution in [2.24, 2.45) is 5.73 Å². The number of likely N-dealkylation sites (tertiary alicyclic amines) is 1. The highest BCUT2D eigenvalue weighted by molar-refractivity contribution is 6.05. The van der Waals surface area contributed by atoms with E-state index < -0.39 is 0 Å². The molecule has 0 aromatic heterocycles. The summed E-state index contributed by atoms with van der Waals surface area (Å²) in [5, 5.41) is 0. The van der Waals surface area contributed by atoms with Crippen molar-refractivity contribution < 1.29 is 9.59 Å². The minimum absolute atomic E-state index is 0.0155. The Labute approximate surface area is 110 Å². The predicted octanol–water partition coefficient (Wildman–Crippen LogP) is 1.87. The van der Waals surface area contributed by atoms with Gasteiger partial charge in [-0.3, -0.25) is 9.59 Å². The van der Waals surface area contributed by atoms with Gasteiger partial charge in [0.25, 0.3) is 0 Å². The van der Waals surface area contributed by atoms with Crippen LogP contribution in [0.25, 0.3) is 0 Å². The number of amides is 1. The number of carbonyl (C=O) groups excluding carboxylic acids is 2. The predicted molar refractivity (Wildman–Crippen MR) is 72.2 cm³/mol. The fraction of sp³-hybridized carbons (Fsp3) is 0.857. The fourth-order valence-corrected chi connectivity index (χ4v) is 2.35. The van der Waals surface area contributed by atoms with E-state index in [1.807, 2.05) is 0 Å². The number of nitrogens with two attached hydrogens (primary N) is 1. The maximum atomic E-state index is 11.3. The van der Waals surface area contributed by atoms with Gasteiger partial charge in [-0.05, 0) is 19.4 Å². The lowest BCUT2D eigenvalue weighted by atomic mass is 10.1. The minimum atomic E-state index is 0.0155. The van der Waals surface area contributed by atoms with Crippen LogP contribution in [0.3, 0.4) is 0 Å². The Kier molecular flexibility index (Phi) is 7.65. The summed E-state index contributed by atoms with van der Waals surface area (Å²) in [6.45, 7) is 1.91. The molecule has 0 aromatic rings. The van der Waals surface area contributed by atoms with Gasteiger partial charge in [0.2, 0.25) is 5.91 Å². The van der Waals surface area contributed by atoms with Crippen molar-refractivity contribution in [1.82, 2.24) is 4.90 Å². The zero-order valence-corrected chi connectivity index (χ0v) is 11.3. The average Bonchev–Trinajstić information content (AvgIpc) is 2.66. The van der Waals surface area contributed by atoms with Gasteiger partial charge in [-0.25, -0.2) is 0 Å². The highest BCUT2D eigenvalue weighted by atomic mass is 16.2. The van der Waals surface area contributed by atoms with Gasteiger partial charge in [-0.2, -0.15) is 0 Å². The molecule has 0 radical (unpaired) electrons.